The van der Waals surface area contributed by atoms with E-state index in [9.17, 15) is 9.90 Å². The summed E-state index contributed by atoms with van der Waals surface area (Å²) in [6.07, 6.45) is 12.4. The maximum absolute atomic E-state index is 11.6. The van der Waals surface area contributed by atoms with E-state index in [1.54, 1.807) is 0 Å². The first-order valence-corrected chi connectivity index (χ1v) is 9.20. The van der Waals surface area contributed by atoms with E-state index >= 15 is 0 Å². The number of carboxylic acids is 1. The van der Waals surface area contributed by atoms with Gasteiger partial charge in [-0.3, -0.25) is 4.79 Å². The van der Waals surface area contributed by atoms with Crippen molar-refractivity contribution in [2.24, 2.45) is 5.41 Å². The van der Waals surface area contributed by atoms with Gasteiger partial charge in [-0.15, -0.1) is 0 Å². The Labute approximate surface area is 139 Å². The molecule has 2 fully saturated rings. The average Bonchev–Trinajstić information content (AvgIpc) is 2.58. The molecule has 0 unspecified atom stereocenters. The molecule has 1 aromatic carbocycles. The van der Waals surface area contributed by atoms with Gasteiger partial charge in [-0.05, 0) is 55.9 Å². The number of rotatable bonds is 5. The molecule has 1 atom stereocenters. The number of carboxylic acid groups (broad SMARTS) is 1. The minimum Gasteiger partial charge on any atom is -0.480 e. The summed E-state index contributed by atoms with van der Waals surface area (Å²) in [5.41, 5.74) is 1.68. The number of benzene rings is 1. The molecule has 0 saturated heterocycles. The largest absolute Gasteiger partial charge is 0.480 e. The summed E-state index contributed by atoms with van der Waals surface area (Å²) in [6, 6.07) is 9.83. The van der Waals surface area contributed by atoms with Crippen molar-refractivity contribution in [3.8, 4) is 0 Å². The van der Waals surface area contributed by atoms with Crippen LogP contribution >= 0.6 is 0 Å². The normalized spacial score (nSPS) is 22.8. The second kappa shape index (κ2) is 7.48. The fraction of sp³-hybridized carbons (Fsp3) is 0.650. The van der Waals surface area contributed by atoms with Crippen LogP contribution in [0.3, 0.4) is 0 Å². The van der Waals surface area contributed by atoms with E-state index in [0.717, 1.165) is 18.4 Å². The van der Waals surface area contributed by atoms with Crippen LogP contribution in [0.25, 0.3) is 0 Å². The molecule has 0 bridgehead atoms. The van der Waals surface area contributed by atoms with E-state index in [1.165, 1.54) is 44.9 Å². The zero-order valence-corrected chi connectivity index (χ0v) is 14.0. The van der Waals surface area contributed by atoms with E-state index in [0.29, 0.717) is 17.9 Å². The van der Waals surface area contributed by atoms with E-state index in [2.05, 4.69) is 5.32 Å². The highest BCUT2D eigenvalue weighted by Crippen LogP contribution is 2.47. The molecular formula is C20H29NO2. The molecule has 2 N–H and O–H groups in total. The summed E-state index contributed by atoms with van der Waals surface area (Å²) in [5.74, 6) is -0.730. The van der Waals surface area contributed by atoms with E-state index < -0.39 is 12.0 Å². The zero-order chi connectivity index (χ0) is 16.1. The predicted molar refractivity (Wildman–Crippen MR) is 92.5 cm³/mol. The van der Waals surface area contributed by atoms with Crippen molar-refractivity contribution in [3.05, 3.63) is 35.9 Å². The Bertz CT molecular complexity index is 498. The van der Waals surface area contributed by atoms with Crippen molar-refractivity contribution in [3.63, 3.8) is 0 Å². The van der Waals surface area contributed by atoms with Crippen molar-refractivity contribution in [1.29, 1.82) is 0 Å². The SMILES string of the molecule is O=C(O)[C@H](Cc1ccccc1)NC1CCC2(CCCCC2)CC1. The number of carbonyl (C=O) groups is 1. The van der Waals surface area contributed by atoms with Gasteiger partial charge in [-0.25, -0.2) is 0 Å². The molecule has 0 aliphatic heterocycles. The van der Waals surface area contributed by atoms with Crippen molar-refractivity contribution < 1.29 is 9.90 Å². The predicted octanol–water partition coefficient (Wildman–Crippen LogP) is 4.17. The Morgan fingerprint density at radius 3 is 2.35 bits per heavy atom. The van der Waals surface area contributed by atoms with Gasteiger partial charge in [0, 0.05) is 6.04 Å². The lowest BCUT2D eigenvalue weighted by Gasteiger charge is -2.43. The zero-order valence-electron chi connectivity index (χ0n) is 14.0. The molecule has 0 aromatic heterocycles. The Morgan fingerprint density at radius 1 is 1.09 bits per heavy atom. The second-order valence-electron chi connectivity index (χ2n) is 7.58. The molecule has 3 rings (SSSR count). The molecular weight excluding hydrogens is 286 g/mol. The third kappa shape index (κ3) is 4.35. The lowest BCUT2D eigenvalue weighted by atomic mass is 9.64. The van der Waals surface area contributed by atoms with Crippen LogP contribution in [-0.4, -0.2) is 23.2 Å². The molecule has 126 valence electrons. The lowest BCUT2D eigenvalue weighted by molar-refractivity contribution is -0.139. The lowest BCUT2D eigenvalue weighted by Crippen LogP contribution is -2.47. The monoisotopic (exact) mass is 315 g/mol. The Balaban J connectivity index is 1.54. The fourth-order valence-corrected chi connectivity index (χ4v) is 4.55. The third-order valence-corrected chi connectivity index (χ3v) is 5.98. The smallest absolute Gasteiger partial charge is 0.321 e. The van der Waals surface area contributed by atoms with Crippen molar-refractivity contribution in [2.75, 3.05) is 0 Å². The molecule has 0 amide bonds. The average molecular weight is 315 g/mol. The van der Waals surface area contributed by atoms with Crippen LogP contribution < -0.4 is 5.32 Å². The maximum Gasteiger partial charge on any atom is 0.321 e. The summed E-state index contributed by atoms with van der Waals surface area (Å²) in [7, 11) is 0. The first-order valence-electron chi connectivity index (χ1n) is 9.20. The van der Waals surface area contributed by atoms with Gasteiger partial charge in [0.1, 0.15) is 6.04 Å². The van der Waals surface area contributed by atoms with Crippen molar-refractivity contribution in [1.82, 2.24) is 5.32 Å². The first-order chi connectivity index (χ1) is 11.2. The highest BCUT2D eigenvalue weighted by atomic mass is 16.4. The van der Waals surface area contributed by atoms with Crippen LogP contribution in [0, 0.1) is 5.41 Å². The van der Waals surface area contributed by atoms with Gasteiger partial charge in [0.05, 0.1) is 0 Å². The molecule has 23 heavy (non-hydrogen) atoms. The van der Waals surface area contributed by atoms with Gasteiger partial charge in [-0.1, -0.05) is 49.6 Å². The minimum atomic E-state index is -0.730. The molecule has 2 aliphatic carbocycles. The van der Waals surface area contributed by atoms with Crippen molar-refractivity contribution in [2.45, 2.75) is 76.3 Å². The third-order valence-electron chi connectivity index (χ3n) is 5.98. The van der Waals surface area contributed by atoms with Crippen LogP contribution in [0.15, 0.2) is 30.3 Å². The number of nitrogens with one attached hydrogen (secondary N) is 1. The molecule has 2 aliphatic rings. The first kappa shape index (κ1) is 16.5. The van der Waals surface area contributed by atoms with Gasteiger partial charge in [-0.2, -0.15) is 0 Å². The summed E-state index contributed by atoms with van der Waals surface area (Å²) in [4.78, 5) is 11.6. The second-order valence-corrected chi connectivity index (χ2v) is 7.58. The van der Waals surface area contributed by atoms with Gasteiger partial charge in [0.25, 0.3) is 0 Å². The number of aliphatic carboxylic acids is 1. The number of hydrogen-bond donors (Lipinski definition) is 2. The summed E-state index contributed by atoms with van der Waals surface area (Å²) >= 11 is 0. The topological polar surface area (TPSA) is 49.3 Å². The highest BCUT2D eigenvalue weighted by molar-refractivity contribution is 5.74. The molecule has 1 aromatic rings. The van der Waals surface area contributed by atoms with E-state index in [-0.39, 0.29) is 0 Å². The van der Waals surface area contributed by atoms with Crippen LogP contribution in [0.2, 0.25) is 0 Å². The van der Waals surface area contributed by atoms with Gasteiger partial charge in [0.2, 0.25) is 0 Å². The van der Waals surface area contributed by atoms with Crippen LogP contribution in [0.4, 0.5) is 0 Å². The summed E-state index contributed by atoms with van der Waals surface area (Å²) in [5, 5.41) is 13.0. The molecule has 0 heterocycles. The van der Waals surface area contributed by atoms with E-state index in [1.807, 2.05) is 30.3 Å². The molecule has 1 spiro atoms. The van der Waals surface area contributed by atoms with Gasteiger partial charge >= 0.3 is 5.97 Å². The molecule has 2 saturated carbocycles. The number of hydrogen-bond acceptors (Lipinski definition) is 2. The standard InChI is InChI=1S/C20H29NO2/c22-19(23)18(15-16-7-3-1-4-8-16)21-17-9-13-20(14-10-17)11-5-2-6-12-20/h1,3-4,7-8,17-18,21H,2,5-6,9-15H2,(H,22,23)/t18-/m0/s1. The van der Waals surface area contributed by atoms with E-state index in [4.69, 9.17) is 0 Å². The quantitative estimate of drug-likeness (QED) is 0.857. The summed E-state index contributed by atoms with van der Waals surface area (Å²) in [6.45, 7) is 0. The fourth-order valence-electron chi connectivity index (χ4n) is 4.55. The van der Waals surface area contributed by atoms with Gasteiger partial charge in [0.15, 0.2) is 0 Å². The van der Waals surface area contributed by atoms with Crippen LogP contribution in [0.1, 0.15) is 63.4 Å². The molecule has 0 radical (unpaired) electrons. The van der Waals surface area contributed by atoms with Crippen molar-refractivity contribution >= 4 is 5.97 Å². The van der Waals surface area contributed by atoms with Crippen LogP contribution in [-0.2, 0) is 11.2 Å². The minimum absolute atomic E-state index is 0.368. The maximum atomic E-state index is 11.6. The highest BCUT2D eigenvalue weighted by Gasteiger charge is 2.37. The van der Waals surface area contributed by atoms with Gasteiger partial charge < -0.3 is 10.4 Å². The molecule has 3 heteroatoms. The van der Waals surface area contributed by atoms with Crippen LogP contribution in [0.5, 0.6) is 0 Å². The Hall–Kier alpha value is -1.35. The molecule has 3 nitrogen and oxygen atoms in total. The Kier molecular flexibility index (Phi) is 5.37. The summed E-state index contributed by atoms with van der Waals surface area (Å²) < 4.78 is 0. The Morgan fingerprint density at radius 2 is 1.74 bits per heavy atom.